The van der Waals surface area contributed by atoms with Gasteiger partial charge in [0.1, 0.15) is 11.4 Å². The Bertz CT molecular complexity index is 539. The Balaban J connectivity index is 2.23. The second kappa shape index (κ2) is 4.54. The molecule has 20 heavy (non-hydrogen) atoms. The van der Waals surface area contributed by atoms with Crippen molar-refractivity contribution in [1.29, 1.82) is 0 Å². The minimum Gasteiger partial charge on any atom is -0.488 e. The summed E-state index contributed by atoms with van der Waals surface area (Å²) in [5.41, 5.74) is 3.63. The SMILES string of the molecule is C=C1C(=O)NN(c2ccc(OC(C)(C)C)cc2)C1(C)C. The molecule has 1 aliphatic rings. The van der Waals surface area contributed by atoms with Crippen LogP contribution in [0.15, 0.2) is 36.4 Å². The van der Waals surface area contributed by atoms with Crippen LogP contribution in [0.25, 0.3) is 0 Å². The molecule has 0 spiro atoms. The number of nitrogens with zero attached hydrogens (tertiary/aromatic N) is 1. The third kappa shape index (κ3) is 2.64. The van der Waals surface area contributed by atoms with Crippen molar-refractivity contribution in [1.82, 2.24) is 5.43 Å². The summed E-state index contributed by atoms with van der Waals surface area (Å²) in [5.74, 6) is 0.674. The summed E-state index contributed by atoms with van der Waals surface area (Å²) in [6.07, 6.45) is 0. The maximum atomic E-state index is 11.8. The van der Waals surface area contributed by atoms with Gasteiger partial charge in [-0.05, 0) is 58.9 Å². The van der Waals surface area contributed by atoms with Crippen LogP contribution in [0.4, 0.5) is 5.69 Å². The van der Waals surface area contributed by atoms with Gasteiger partial charge in [-0.1, -0.05) is 6.58 Å². The Morgan fingerprint density at radius 3 is 2.15 bits per heavy atom. The molecule has 4 heteroatoms. The molecule has 4 nitrogen and oxygen atoms in total. The standard InChI is InChI=1S/C16H22N2O2/c1-11-14(19)17-18(16(11,5)6)12-7-9-13(10-8-12)20-15(2,3)4/h7-10H,1H2,2-6H3,(H,17,19). The molecular weight excluding hydrogens is 252 g/mol. The van der Waals surface area contributed by atoms with Crippen molar-refractivity contribution in [2.45, 2.75) is 45.8 Å². The number of nitrogens with one attached hydrogen (secondary N) is 1. The fraction of sp³-hybridized carbons (Fsp3) is 0.438. The van der Waals surface area contributed by atoms with Crippen molar-refractivity contribution in [3.05, 3.63) is 36.4 Å². The average Bonchev–Trinajstić information content (AvgIpc) is 2.52. The van der Waals surface area contributed by atoms with Gasteiger partial charge in [0.05, 0.1) is 11.2 Å². The Morgan fingerprint density at radius 2 is 1.75 bits per heavy atom. The molecule has 1 heterocycles. The molecule has 0 atom stereocenters. The predicted octanol–water partition coefficient (Wildman–Crippen LogP) is 3.05. The van der Waals surface area contributed by atoms with E-state index in [-0.39, 0.29) is 11.5 Å². The molecule has 0 aliphatic carbocycles. The first kappa shape index (κ1) is 14.4. The van der Waals surface area contributed by atoms with Crippen molar-refractivity contribution in [3.63, 3.8) is 0 Å². The summed E-state index contributed by atoms with van der Waals surface area (Å²) >= 11 is 0. The van der Waals surface area contributed by atoms with Gasteiger partial charge >= 0.3 is 0 Å². The molecule has 0 aromatic heterocycles. The van der Waals surface area contributed by atoms with E-state index in [1.807, 2.05) is 63.9 Å². The molecule has 0 radical (unpaired) electrons. The molecular formula is C16H22N2O2. The molecule has 1 aromatic carbocycles. The molecule has 108 valence electrons. The summed E-state index contributed by atoms with van der Waals surface area (Å²) in [6.45, 7) is 13.8. The van der Waals surface area contributed by atoms with E-state index < -0.39 is 5.54 Å². The number of benzene rings is 1. The molecule has 0 unspecified atom stereocenters. The van der Waals surface area contributed by atoms with Crippen LogP contribution in [-0.4, -0.2) is 17.0 Å². The highest BCUT2D eigenvalue weighted by Gasteiger charge is 2.41. The van der Waals surface area contributed by atoms with Crippen LogP contribution in [0.5, 0.6) is 5.75 Å². The topological polar surface area (TPSA) is 41.6 Å². The maximum absolute atomic E-state index is 11.8. The molecule has 1 aliphatic heterocycles. The van der Waals surface area contributed by atoms with Gasteiger partial charge in [-0.15, -0.1) is 0 Å². The summed E-state index contributed by atoms with van der Waals surface area (Å²) in [7, 11) is 0. The maximum Gasteiger partial charge on any atom is 0.267 e. The quantitative estimate of drug-likeness (QED) is 0.843. The first-order valence-corrected chi connectivity index (χ1v) is 6.71. The first-order valence-electron chi connectivity index (χ1n) is 6.71. The number of carbonyl (C=O) groups is 1. The summed E-state index contributed by atoms with van der Waals surface area (Å²) in [6, 6.07) is 7.68. The van der Waals surface area contributed by atoms with Crippen LogP contribution in [0, 0.1) is 0 Å². The lowest BCUT2D eigenvalue weighted by Gasteiger charge is -2.32. The third-order valence-electron chi connectivity index (χ3n) is 3.30. The van der Waals surface area contributed by atoms with E-state index in [4.69, 9.17) is 4.74 Å². The van der Waals surface area contributed by atoms with Gasteiger partial charge in [-0.3, -0.25) is 15.2 Å². The van der Waals surface area contributed by atoms with Crippen LogP contribution >= 0.6 is 0 Å². The van der Waals surface area contributed by atoms with Gasteiger partial charge in [0.2, 0.25) is 0 Å². The highest BCUT2D eigenvalue weighted by molar-refractivity contribution is 6.00. The zero-order valence-corrected chi connectivity index (χ0v) is 12.8. The Kier molecular flexibility index (Phi) is 3.28. The zero-order valence-electron chi connectivity index (χ0n) is 12.8. The van der Waals surface area contributed by atoms with Crippen LogP contribution in [0.2, 0.25) is 0 Å². The minimum atomic E-state index is -0.441. The van der Waals surface area contributed by atoms with Gasteiger partial charge in [0, 0.05) is 5.57 Å². The average molecular weight is 274 g/mol. The molecule has 1 fully saturated rings. The van der Waals surface area contributed by atoms with Crippen molar-refractivity contribution >= 4 is 11.6 Å². The first-order chi connectivity index (χ1) is 9.11. The predicted molar refractivity (Wildman–Crippen MR) is 80.7 cm³/mol. The lowest BCUT2D eigenvalue weighted by Crippen LogP contribution is -2.44. The molecule has 1 amide bonds. The highest BCUT2D eigenvalue weighted by Crippen LogP contribution is 2.33. The molecule has 1 saturated heterocycles. The largest absolute Gasteiger partial charge is 0.488 e. The fourth-order valence-corrected chi connectivity index (χ4v) is 2.13. The van der Waals surface area contributed by atoms with E-state index in [0.29, 0.717) is 5.57 Å². The van der Waals surface area contributed by atoms with Crippen molar-refractivity contribution in [3.8, 4) is 5.75 Å². The van der Waals surface area contributed by atoms with Gasteiger partial charge in [0.25, 0.3) is 5.91 Å². The van der Waals surface area contributed by atoms with Gasteiger partial charge in [-0.25, -0.2) is 0 Å². The summed E-state index contributed by atoms with van der Waals surface area (Å²) in [4.78, 5) is 11.8. The number of hydrogen-bond acceptors (Lipinski definition) is 3. The molecule has 0 saturated carbocycles. The normalized spacial score (nSPS) is 18.1. The fourth-order valence-electron chi connectivity index (χ4n) is 2.13. The lowest BCUT2D eigenvalue weighted by molar-refractivity contribution is -0.116. The molecule has 0 bridgehead atoms. The summed E-state index contributed by atoms with van der Waals surface area (Å²) < 4.78 is 5.79. The highest BCUT2D eigenvalue weighted by atomic mass is 16.5. The van der Waals surface area contributed by atoms with Crippen LogP contribution < -0.4 is 15.2 Å². The number of carbonyl (C=O) groups excluding carboxylic acids is 1. The van der Waals surface area contributed by atoms with E-state index in [1.165, 1.54) is 0 Å². The number of rotatable bonds is 2. The lowest BCUT2D eigenvalue weighted by atomic mass is 9.96. The van der Waals surface area contributed by atoms with E-state index in [9.17, 15) is 4.79 Å². The minimum absolute atomic E-state index is 0.134. The molecule has 2 rings (SSSR count). The molecule has 1 aromatic rings. The van der Waals surface area contributed by atoms with Gasteiger partial charge < -0.3 is 4.74 Å². The smallest absolute Gasteiger partial charge is 0.267 e. The second-order valence-corrected chi connectivity index (χ2v) is 6.52. The number of hydrogen-bond donors (Lipinski definition) is 1. The molecule has 1 N–H and O–H groups in total. The van der Waals surface area contributed by atoms with E-state index >= 15 is 0 Å². The number of hydrazine groups is 1. The van der Waals surface area contributed by atoms with Crippen molar-refractivity contribution < 1.29 is 9.53 Å². The monoisotopic (exact) mass is 274 g/mol. The number of anilines is 1. The van der Waals surface area contributed by atoms with Gasteiger partial charge in [-0.2, -0.15) is 0 Å². The van der Waals surface area contributed by atoms with E-state index in [1.54, 1.807) is 0 Å². The number of ether oxygens (including phenoxy) is 1. The second-order valence-electron chi connectivity index (χ2n) is 6.52. The Hall–Kier alpha value is -1.97. The van der Waals surface area contributed by atoms with Crippen LogP contribution in [0.1, 0.15) is 34.6 Å². The van der Waals surface area contributed by atoms with E-state index in [2.05, 4.69) is 12.0 Å². The Labute approximate surface area is 120 Å². The zero-order chi connectivity index (χ0) is 15.1. The third-order valence-corrected chi connectivity index (χ3v) is 3.30. The van der Waals surface area contributed by atoms with Crippen molar-refractivity contribution in [2.24, 2.45) is 0 Å². The van der Waals surface area contributed by atoms with Crippen LogP contribution in [0.3, 0.4) is 0 Å². The van der Waals surface area contributed by atoms with Crippen LogP contribution in [-0.2, 0) is 4.79 Å². The van der Waals surface area contributed by atoms with Gasteiger partial charge in [0.15, 0.2) is 0 Å². The van der Waals surface area contributed by atoms with Crippen molar-refractivity contribution in [2.75, 3.05) is 5.01 Å². The summed E-state index contributed by atoms with van der Waals surface area (Å²) in [5, 5.41) is 1.83. The van der Waals surface area contributed by atoms with E-state index in [0.717, 1.165) is 11.4 Å². The number of amides is 1. The Morgan fingerprint density at radius 1 is 1.20 bits per heavy atom.